The average molecular weight is 421 g/mol. The van der Waals surface area contributed by atoms with Crippen LogP contribution in [-0.4, -0.2) is 36.0 Å². The summed E-state index contributed by atoms with van der Waals surface area (Å²) in [5, 5.41) is 3.23. The number of nitrogens with one attached hydrogen (secondary N) is 1. The van der Waals surface area contributed by atoms with Gasteiger partial charge in [0.2, 0.25) is 0 Å². The minimum Gasteiger partial charge on any atom is -0.377 e. The fraction of sp³-hybridized carbons (Fsp3) is 0.385. The summed E-state index contributed by atoms with van der Waals surface area (Å²) < 4.78 is 5.58. The van der Waals surface area contributed by atoms with E-state index >= 15 is 0 Å². The van der Waals surface area contributed by atoms with Crippen LogP contribution < -0.4 is 5.32 Å². The van der Waals surface area contributed by atoms with Crippen LogP contribution in [0.3, 0.4) is 0 Å². The number of imide groups is 1. The van der Waals surface area contributed by atoms with Crippen molar-refractivity contribution < 1.29 is 14.3 Å². The molecule has 0 saturated carbocycles. The molecule has 2 aromatic rings. The van der Waals surface area contributed by atoms with E-state index in [1.807, 2.05) is 70.2 Å². The van der Waals surface area contributed by atoms with Crippen molar-refractivity contribution >= 4 is 23.1 Å². The fourth-order valence-corrected chi connectivity index (χ4v) is 3.54. The summed E-state index contributed by atoms with van der Waals surface area (Å²) in [6, 6.07) is 13.8. The molecule has 3 rings (SSSR count). The maximum Gasteiger partial charge on any atom is 0.278 e. The van der Waals surface area contributed by atoms with Gasteiger partial charge in [0, 0.05) is 5.69 Å². The molecule has 1 heterocycles. The molecule has 1 aliphatic rings. The van der Waals surface area contributed by atoms with Crippen LogP contribution in [0.15, 0.2) is 48.2 Å². The van der Waals surface area contributed by atoms with Gasteiger partial charge in [0.25, 0.3) is 11.8 Å². The molecule has 1 aliphatic heterocycles. The predicted octanol–water partition coefficient (Wildman–Crippen LogP) is 5.04. The highest BCUT2D eigenvalue weighted by molar-refractivity contribution is 6.36. The first kappa shape index (κ1) is 22.8. The van der Waals surface area contributed by atoms with E-state index in [2.05, 4.69) is 19.2 Å². The van der Waals surface area contributed by atoms with Crippen LogP contribution in [0.4, 0.5) is 5.69 Å². The highest BCUT2D eigenvalue weighted by atomic mass is 16.5. The third-order valence-electron chi connectivity index (χ3n) is 5.58. The second-order valence-electron chi connectivity index (χ2n) is 8.63. The van der Waals surface area contributed by atoms with E-state index in [9.17, 15) is 9.59 Å². The van der Waals surface area contributed by atoms with Gasteiger partial charge in [-0.3, -0.25) is 14.5 Å². The minimum absolute atomic E-state index is 0.0389. The Kier molecular flexibility index (Phi) is 6.96. The lowest BCUT2D eigenvalue weighted by atomic mass is 9.99. The molecule has 0 saturated heterocycles. The summed E-state index contributed by atoms with van der Waals surface area (Å²) in [6.45, 7) is 12.7. The lowest BCUT2D eigenvalue weighted by Gasteiger charge is -2.16. The SMILES string of the molecule is Cc1ccc(C2=C(Nc3ccc(C(C)C)cc3)C(=O)N(CCOC(C)C)C2=O)cc1C. The molecule has 0 bridgehead atoms. The zero-order valence-electron chi connectivity index (χ0n) is 19.3. The zero-order valence-corrected chi connectivity index (χ0v) is 19.3. The number of hydrogen-bond donors (Lipinski definition) is 1. The lowest BCUT2D eigenvalue weighted by molar-refractivity contribution is -0.137. The number of hydrogen-bond acceptors (Lipinski definition) is 4. The first-order chi connectivity index (χ1) is 14.7. The monoisotopic (exact) mass is 420 g/mol. The van der Waals surface area contributed by atoms with Gasteiger partial charge >= 0.3 is 0 Å². The summed E-state index contributed by atoms with van der Waals surface area (Å²) in [5.41, 5.74) is 5.68. The lowest BCUT2D eigenvalue weighted by Crippen LogP contribution is -2.35. The van der Waals surface area contributed by atoms with Gasteiger partial charge in [0.05, 0.1) is 24.8 Å². The highest BCUT2D eigenvalue weighted by Gasteiger charge is 2.39. The molecular formula is C26H32N2O3. The van der Waals surface area contributed by atoms with E-state index < -0.39 is 0 Å². The Bertz CT molecular complexity index is 1000. The zero-order chi connectivity index (χ0) is 22.7. The third kappa shape index (κ3) is 5.05. The van der Waals surface area contributed by atoms with Crippen molar-refractivity contribution in [3.63, 3.8) is 0 Å². The molecule has 31 heavy (non-hydrogen) atoms. The second-order valence-corrected chi connectivity index (χ2v) is 8.63. The summed E-state index contributed by atoms with van der Waals surface area (Å²) in [5.74, 6) is -0.189. The molecule has 0 spiro atoms. The first-order valence-electron chi connectivity index (χ1n) is 10.9. The van der Waals surface area contributed by atoms with Gasteiger partial charge in [-0.25, -0.2) is 0 Å². The Hall–Kier alpha value is -2.92. The molecule has 1 N–H and O–H groups in total. The topological polar surface area (TPSA) is 58.6 Å². The van der Waals surface area contributed by atoms with Crippen LogP contribution in [-0.2, 0) is 14.3 Å². The Balaban J connectivity index is 1.97. The normalized spacial score (nSPS) is 14.4. The summed E-state index contributed by atoms with van der Waals surface area (Å²) in [4.78, 5) is 27.8. The Morgan fingerprint density at radius 3 is 2.16 bits per heavy atom. The van der Waals surface area contributed by atoms with Gasteiger partial charge in [-0.05, 0) is 68.0 Å². The summed E-state index contributed by atoms with van der Waals surface area (Å²) >= 11 is 0. The third-order valence-corrected chi connectivity index (χ3v) is 5.58. The van der Waals surface area contributed by atoms with Crippen LogP contribution in [0.2, 0.25) is 0 Å². The predicted molar refractivity (Wildman–Crippen MR) is 125 cm³/mol. The van der Waals surface area contributed by atoms with E-state index in [-0.39, 0.29) is 24.5 Å². The Morgan fingerprint density at radius 2 is 1.58 bits per heavy atom. The second kappa shape index (κ2) is 9.48. The van der Waals surface area contributed by atoms with Crippen LogP contribution >= 0.6 is 0 Å². The smallest absolute Gasteiger partial charge is 0.278 e. The van der Waals surface area contributed by atoms with Crippen LogP contribution in [0.25, 0.3) is 5.57 Å². The van der Waals surface area contributed by atoms with E-state index in [4.69, 9.17) is 4.74 Å². The van der Waals surface area contributed by atoms with Gasteiger partial charge in [0.1, 0.15) is 5.70 Å². The van der Waals surface area contributed by atoms with Crippen LogP contribution in [0, 0.1) is 13.8 Å². The van der Waals surface area contributed by atoms with Crippen molar-refractivity contribution in [2.45, 2.75) is 53.6 Å². The molecule has 0 aromatic heterocycles. The van der Waals surface area contributed by atoms with Crippen LogP contribution in [0.1, 0.15) is 55.9 Å². The Morgan fingerprint density at radius 1 is 0.903 bits per heavy atom. The van der Waals surface area contributed by atoms with Crippen molar-refractivity contribution in [3.05, 3.63) is 70.4 Å². The number of benzene rings is 2. The number of carbonyl (C=O) groups is 2. The maximum absolute atomic E-state index is 13.3. The van der Waals surface area contributed by atoms with Crippen molar-refractivity contribution in [1.82, 2.24) is 4.90 Å². The van der Waals surface area contributed by atoms with Crippen molar-refractivity contribution in [2.75, 3.05) is 18.5 Å². The molecule has 2 aromatic carbocycles. The van der Waals surface area contributed by atoms with E-state index in [0.29, 0.717) is 23.8 Å². The molecular weight excluding hydrogens is 388 g/mol. The number of anilines is 1. The molecule has 0 unspecified atom stereocenters. The number of ether oxygens (including phenoxy) is 1. The van der Waals surface area contributed by atoms with Gasteiger partial charge in [-0.15, -0.1) is 0 Å². The molecule has 0 atom stereocenters. The van der Waals surface area contributed by atoms with Crippen molar-refractivity contribution in [2.24, 2.45) is 0 Å². The largest absolute Gasteiger partial charge is 0.377 e. The van der Waals surface area contributed by atoms with E-state index in [1.165, 1.54) is 10.5 Å². The number of aryl methyl sites for hydroxylation is 2. The Labute approximate surface area is 185 Å². The molecule has 164 valence electrons. The molecule has 2 amide bonds. The van der Waals surface area contributed by atoms with Gasteiger partial charge < -0.3 is 10.1 Å². The van der Waals surface area contributed by atoms with Crippen molar-refractivity contribution in [3.8, 4) is 0 Å². The van der Waals surface area contributed by atoms with Crippen LogP contribution in [0.5, 0.6) is 0 Å². The summed E-state index contributed by atoms with van der Waals surface area (Å²) in [7, 11) is 0. The first-order valence-corrected chi connectivity index (χ1v) is 10.9. The minimum atomic E-state index is -0.321. The maximum atomic E-state index is 13.3. The number of carbonyl (C=O) groups excluding carboxylic acids is 2. The van der Waals surface area contributed by atoms with E-state index in [0.717, 1.165) is 22.4 Å². The summed E-state index contributed by atoms with van der Waals surface area (Å²) in [6.07, 6.45) is 0.0389. The number of amides is 2. The molecule has 0 fully saturated rings. The van der Waals surface area contributed by atoms with Crippen molar-refractivity contribution in [1.29, 1.82) is 0 Å². The van der Waals surface area contributed by atoms with E-state index in [1.54, 1.807) is 0 Å². The van der Waals surface area contributed by atoms with Gasteiger partial charge in [-0.2, -0.15) is 0 Å². The molecule has 0 aliphatic carbocycles. The molecule has 5 heteroatoms. The number of rotatable bonds is 8. The highest BCUT2D eigenvalue weighted by Crippen LogP contribution is 2.31. The van der Waals surface area contributed by atoms with Gasteiger partial charge in [0.15, 0.2) is 0 Å². The quantitative estimate of drug-likeness (QED) is 0.608. The average Bonchev–Trinajstić information content (AvgIpc) is 2.94. The molecule has 5 nitrogen and oxygen atoms in total. The number of nitrogens with zero attached hydrogens (tertiary/aromatic N) is 1. The molecule has 0 radical (unpaired) electrons. The van der Waals surface area contributed by atoms with Gasteiger partial charge in [-0.1, -0.05) is 44.2 Å². The standard InChI is InChI=1S/C26H32N2O3/c1-16(2)20-9-11-22(12-10-20)27-24-23(21-8-7-18(5)19(6)15-21)25(29)28(26(24)30)13-14-31-17(3)4/h7-12,15-17,27H,13-14H2,1-6H3. The fourth-order valence-electron chi connectivity index (χ4n) is 3.54.